The summed E-state index contributed by atoms with van der Waals surface area (Å²) >= 11 is 3.71. The van der Waals surface area contributed by atoms with Crippen molar-refractivity contribution >= 4 is 107 Å². The molecule has 0 aliphatic heterocycles. The minimum Gasteiger partial charge on any atom is -0.309 e. The fourth-order valence-corrected chi connectivity index (χ4v) is 15.6. The summed E-state index contributed by atoms with van der Waals surface area (Å²) in [6.07, 6.45) is 0. The Bertz CT molecular complexity index is 5550. The van der Waals surface area contributed by atoms with Crippen LogP contribution < -0.4 is 0 Å². The van der Waals surface area contributed by atoms with Crippen LogP contribution in [0.5, 0.6) is 0 Å². The molecule has 0 aliphatic rings. The van der Waals surface area contributed by atoms with Crippen molar-refractivity contribution in [2.45, 2.75) is 0 Å². The summed E-state index contributed by atoms with van der Waals surface area (Å²) in [6.45, 7) is 0. The van der Waals surface area contributed by atoms with Crippen LogP contribution in [-0.2, 0) is 0 Å². The summed E-state index contributed by atoms with van der Waals surface area (Å²) in [6, 6.07) is 108. The van der Waals surface area contributed by atoms with E-state index < -0.39 is 0 Å². The van der Waals surface area contributed by atoms with Crippen molar-refractivity contribution < 1.29 is 0 Å². The topological polar surface area (TPSA) is 48.5 Å². The number of para-hydroxylation sites is 2. The van der Waals surface area contributed by atoms with Gasteiger partial charge in [-0.2, -0.15) is 0 Å². The highest BCUT2D eigenvalue weighted by Gasteiger charge is 2.21. The Kier molecular flexibility index (Phi) is 11.6. The number of nitrogens with zero attached hydrogens (tertiary/aromatic N) is 5. The minimum atomic E-state index is 0.583. The number of benzene rings is 13. The van der Waals surface area contributed by atoms with E-state index >= 15 is 0 Å². The van der Waals surface area contributed by atoms with E-state index in [1.807, 2.05) is 22.7 Å². The third-order valence-corrected chi connectivity index (χ3v) is 19.9. The summed E-state index contributed by atoms with van der Waals surface area (Å²) in [5.41, 5.74) is 18.5. The van der Waals surface area contributed by atoms with Crippen LogP contribution in [0.25, 0.3) is 174 Å². The lowest BCUT2D eigenvalue weighted by molar-refractivity contribution is 1.07. The Hall–Kier alpha value is -11.1. The third-order valence-electron chi connectivity index (χ3n) is 17.6. The number of hydrogen-bond donors (Lipinski definition) is 0. The average Bonchev–Trinajstić information content (AvgIpc) is 1.83. The molecular weight excluding hydrogens is 1110 g/mol. The number of aromatic nitrogens is 5. The first-order valence-electron chi connectivity index (χ1n) is 29.7. The van der Waals surface area contributed by atoms with Gasteiger partial charge in [0.25, 0.3) is 0 Å². The lowest BCUT2D eigenvalue weighted by Gasteiger charge is -2.14. The van der Waals surface area contributed by atoms with Crippen molar-refractivity contribution in [2.24, 2.45) is 0 Å². The van der Waals surface area contributed by atoms with Gasteiger partial charge in [-0.25, -0.2) is 15.0 Å². The van der Waals surface area contributed by atoms with Crippen LogP contribution >= 0.6 is 22.7 Å². The van der Waals surface area contributed by atoms with Gasteiger partial charge in [-0.05, 0) is 148 Å². The van der Waals surface area contributed by atoms with Gasteiger partial charge in [-0.1, -0.05) is 194 Å². The Morgan fingerprint density at radius 1 is 0.205 bits per heavy atom. The van der Waals surface area contributed by atoms with Crippen molar-refractivity contribution in [3.05, 3.63) is 297 Å². The van der Waals surface area contributed by atoms with Crippen molar-refractivity contribution in [1.82, 2.24) is 24.1 Å². The highest BCUT2D eigenvalue weighted by Crippen LogP contribution is 2.43. The van der Waals surface area contributed by atoms with Gasteiger partial charge in [-0.15, -0.1) is 22.7 Å². The average molecular weight is 1160 g/mol. The summed E-state index contributed by atoms with van der Waals surface area (Å²) in [7, 11) is 0. The van der Waals surface area contributed by atoms with Gasteiger partial charge < -0.3 is 9.13 Å². The van der Waals surface area contributed by atoms with Gasteiger partial charge in [0.1, 0.15) is 0 Å². The first kappa shape index (κ1) is 50.3. The zero-order valence-corrected chi connectivity index (χ0v) is 49.0. The zero-order valence-electron chi connectivity index (χ0n) is 47.3. The maximum Gasteiger partial charge on any atom is 0.164 e. The lowest BCUT2D eigenvalue weighted by Crippen LogP contribution is -2.02. The van der Waals surface area contributed by atoms with Crippen LogP contribution in [0.1, 0.15) is 0 Å². The molecule has 13 aromatic carbocycles. The molecule has 7 heteroatoms. The molecule has 0 amide bonds. The van der Waals surface area contributed by atoms with E-state index in [1.54, 1.807) is 0 Å². The van der Waals surface area contributed by atoms with E-state index in [9.17, 15) is 0 Å². The van der Waals surface area contributed by atoms with Crippen LogP contribution in [0.2, 0.25) is 0 Å². The van der Waals surface area contributed by atoms with E-state index in [0.717, 1.165) is 72.4 Å². The monoisotopic (exact) mass is 1160 g/mol. The van der Waals surface area contributed by atoms with Crippen molar-refractivity contribution in [2.75, 3.05) is 0 Å². The first-order valence-corrected chi connectivity index (χ1v) is 31.3. The Morgan fingerprint density at radius 3 is 1.07 bits per heavy atom. The maximum absolute atomic E-state index is 5.45. The summed E-state index contributed by atoms with van der Waals surface area (Å²) in [5.74, 6) is 1.76. The van der Waals surface area contributed by atoms with Crippen LogP contribution in [0.15, 0.2) is 297 Å². The van der Waals surface area contributed by atoms with E-state index in [0.29, 0.717) is 17.5 Å². The van der Waals surface area contributed by atoms with Gasteiger partial charge >= 0.3 is 0 Å². The molecule has 5 nitrogen and oxygen atoms in total. The maximum atomic E-state index is 5.45. The normalized spacial score (nSPS) is 11.9. The fourth-order valence-electron chi connectivity index (χ4n) is 13.4. The third kappa shape index (κ3) is 8.31. The zero-order chi connectivity index (χ0) is 57.8. The molecule has 0 fully saturated rings. The molecule has 0 radical (unpaired) electrons. The standard InChI is InChI=1S/C81H49N5S2/c1-2-17-50(18-3-1)61-25-4-5-26-62(61)55-19-14-20-56(43-55)79-82-80(57-21-15-23-59(44-57)85-71-31-10-6-27-63(71)67-46-51(35-39-73(67)85)53-37-41-77-69(48-53)65-29-8-12-33-75(65)87-77)84-81(83-79)58-22-16-24-60(45-58)86-72-32-11-7-28-64(72)68-47-52(36-40-74(68)86)54-38-42-78-70(49-54)66-30-9-13-34-76(66)88-78/h1-49H. The SMILES string of the molecule is c1ccc(-c2ccccc2-c2cccc(-c3nc(-c4cccc(-n5c6ccccc6c6cc(-c7ccc8sc9ccccc9c8c7)ccc65)c4)nc(-c4cccc(-n5c6ccccc6c6cc(-c7ccc8sc9ccccc9c8c7)ccc65)c4)n3)c2)cc1. The molecule has 0 spiro atoms. The molecule has 18 aromatic rings. The minimum absolute atomic E-state index is 0.583. The predicted octanol–water partition coefficient (Wildman–Crippen LogP) is 22.5. The van der Waals surface area contributed by atoms with Crippen molar-refractivity contribution in [3.63, 3.8) is 0 Å². The van der Waals surface area contributed by atoms with Gasteiger partial charge in [-0.3, -0.25) is 0 Å². The number of rotatable bonds is 9. The highest BCUT2D eigenvalue weighted by molar-refractivity contribution is 7.26. The Morgan fingerprint density at radius 2 is 0.557 bits per heavy atom. The molecule has 0 atom stereocenters. The molecule has 0 saturated heterocycles. The van der Waals surface area contributed by atoms with E-state index in [1.165, 1.54) is 84.1 Å². The molecule has 0 N–H and O–H groups in total. The predicted molar refractivity (Wildman–Crippen MR) is 372 cm³/mol. The van der Waals surface area contributed by atoms with Gasteiger partial charge in [0.2, 0.25) is 0 Å². The smallest absolute Gasteiger partial charge is 0.164 e. The molecular formula is C81H49N5S2. The fraction of sp³-hybridized carbons (Fsp3) is 0. The summed E-state index contributed by atoms with van der Waals surface area (Å²) in [4.78, 5) is 16.3. The second-order valence-corrected chi connectivity index (χ2v) is 24.9. The second-order valence-electron chi connectivity index (χ2n) is 22.7. The van der Waals surface area contributed by atoms with Gasteiger partial charge in [0, 0.05) is 90.0 Å². The van der Waals surface area contributed by atoms with Crippen LogP contribution in [0.3, 0.4) is 0 Å². The molecule has 5 heterocycles. The molecule has 0 bridgehead atoms. The Balaban J connectivity index is 0.774. The number of thiophene rings is 2. The van der Waals surface area contributed by atoms with E-state index in [4.69, 9.17) is 15.0 Å². The number of hydrogen-bond acceptors (Lipinski definition) is 5. The number of fused-ring (bicyclic) bond motifs is 12. The molecule has 18 rings (SSSR count). The van der Waals surface area contributed by atoms with Crippen molar-refractivity contribution in [3.8, 4) is 90.0 Å². The van der Waals surface area contributed by atoms with E-state index in [2.05, 4.69) is 306 Å². The molecule has 5 aromatic heterocycles. The Labute approximate surface area is 514 Å². The highest BCUT2D eigenvalue weighted by atomic mass is 32.1. The van der Waals surface area contributed by atoms with Crippen molar-refractivity contribution in [1.29, 1.82) is 0 Å². The van der Waals surface area contributed by atoms with Crippen LogP contribution in [0, 0.1) is 0 Å². The largest absolute Gasteiger partial charge is 0.309 e. The van der Waals surface area contributed by atoms with Gasteiger partial charge in [0.05, 0.1) is 22.1 Å². The first-order chi connectivity index (χ1) is 43.6. The molecule has 88 heavy (non-hydrogen) atoms. The second kappa shape index (κ2) is 20.3. The molecule has 410 valence electrons. The molecule has 0 unspecified atom stereocenters. The van der Waals surface area contributed by atoms with Gasteiger partial charge in [0.15, 0.2) is 17.5 Å². The van der Waals surface area contributed by atoms with E-state index in [-0.39, 0.29) is 0 Å². The lowest BCUT2D eigenvalue weighted by atomic mass is 9.94. The molecule has 0 saturated carbocycles. The summed E-state index contributed by atoms with van der Waals surface area (Å²) < 4.78 is 9.99. The summed E-state index contributed by atoms with van der Waals surface area (Å²) in [5, 5.41) is 9.98. The molecule has 0 aliphatic carbocycles. The quantitative estimate of drug-likeness (QED) is 0.145. The van der Waals surface area contributed by atoms with Crippen LogP contribution in [0.4, 0.5) is 0 Å². The van der Waals surface area contributed by atoms with Crippen LogP contribution in [-0.4, -0.2) is 24.1 Å².